The Bertz CT molecular complexity index is 381. The summed E-state index contributed by atoms with van der Waals surface area (Å²) in [5.41, 5.74) is 3.96. The molecule has 94 valence electrons. The van der Waals surface area contributed by atoms with E-state index in [0.29, 0.717) is 12.6 Å². The van der Waals surface area contributed by atoms with E-state index in [1.807, 2.05) is 18.2 Å². The van der Waals surface area contributed by atoms with Crippen molar-refractivity contribution < 1.29 is 9.57 Å². The van der Waals surface area contributed by atoms with Crippen molar-refractivity contribution in [2.75, 3.05) is 27.2 Å². The molecule has 0 bridgehead atoms. The van der Waals surface area contributed by atoms with Crippen molar-refractivity contribution in [2.24, 2.45) is 0 Å². The molecule has 0 radical (unpaired) electrons. The maximum atomic E-state index is 5.87. The molecule has 0 unspecified atom stereocenters. The minimum absolute atomic E-state index is 0.319. The lowest BCUT2D eigenvalue weighted by Gasteiger charge is -2.36. The van der Waals surface area contributed by atoms with Crippen LogP contribution in [0, 0.1) is 0 Å². The van der Waals surface area contributed by atoms with Crippen LogP contribution in [0.25, 0.3) is 0 Å². The number of benzene rings is 1. The monoisotopic (exact) mass is 300 g/mol. The van der Waals surface area contributed by atoms with Gasteiger partial charge in [-0.25, -0.2) is 0 Å². The number of halogens is 1. The molecule has 1 fully saturated rings. The van der Waals surface area contributed by atoms with Crippen LogP contribution in [0.3, 0.4) is 0 Å². The lowest BCUT2D eigenvalue weighted by Crippen LogP contribution is -2.51. The van der Waals surface area contributed by atoms with Gasteiger partial charge >= 0.3 is 0 Å². The molecule has 1 saturated heterocycles. The van der Waals surface area contributed by atoms with Gasteiger partial charge in [0.1, 0.15) is 11.9 Å². The van der Waals surface area contributed by atoms with Crippen molar-refractivity contribution in [1.82, 2.24) is 10.4 Å². The zero-order valence-corrected chi connectivity index (χ0v) is 11.7. The smallest absolute Gasteiger partial charge is 0.134 e. The van der Waals surface area contributed by atoms with Crippen molar-refractivity contribution >= 4 is 15.9 Å². The predicted octanol–water partition coefficient (Wildman–Crippen LogP) is 1.79. The van der Waals surface area contributed by atoms with E-state index >= 15 is 0 Å². The standard InChI is InChI=1S/C12H17BrN2O2/c1-15-7-10(8-15)17-12-4-3-9(5-11(12)13)6-14-16-2/h3-5,10,14H,6-8H2,1-2H3. The predicted molar refractivity (Wildman–Crippen MR) is 69.9 cm³/mol. The van der Waals surface area contributed by atoms with Crippen LogP contribution in [0.15, 0.2) is 22.7 Å². The van der Waals surface area contributed by atoms with Gasteiger partial charge in [-0.05, 0) is 40.7 Å². The zero-order valence-electron chi connectivity index (χ0n) is 10.1. The van der Waals surface area contributed by atoms with Crippen LogP contribution in [-0.2, 0) is 11.4 Å². The quantitative estimate of drug-likeness (QED) is 0.841. The Hall–Kier alpha value is -0.620. The van der Waals surface area contributed by atoms with E-state index in [4.69, 9.17) is 9.57 Å². The molecule has 0 aromatic heterocycles. The van der Waals surface area contributed by atoms with Crippen LogP contribution >= 0.6 is 15.9 Å². The summed E-state index contributed by atoms with van der Waals surface area (Å²) in [4.78, 5) is 7.05. The molecular weight excluding hydrogens is 284 g/mol. The lowest BCUT2D eigenvalue weighted by molar-refractivity contribution is 0.0382. The van der Waals surface area contributed by atoms with Crippen LogP contribution in [-0.4, -0.2) is 38.3 Å². The Morgan fingerprint density at radius 1 is 1.47 bits per heavy atom. The molecule has 1 aromatic carbocycles. The molecule has 0 spiro atoms. The van der Waals surface area contributed by atoms with Crippen molar-refractivity contribution in [1.29, 1.82) is 0 Å². The third-order valence-corrected chi connectivity index (χ3v) is 3.36. The van der Waals surface area contributed by atoms with Crippen molar-refractivity contribution in [3.8, 4) is 5.75 Å². The second-order valence-electron chi connectivity index (χ2n) is 4.25. The van der Waals surface area contributed by atoms with Gasteiger partial charge in [0.25, 0.3) is 0 Å². The van der Waals surface area contributed by atoms with Crippen LogP contribution < -0.4 is 10.2 Å². The van der Waals surface area contributed by atoms with Gasteiger partial charge in [-0.3, -0.25) is 4.90 Å². The average molecular weight is 301 g/mol. The van der Waals surface area contributed by atoms with E-state index in [9.17, 15) is 0 Å². The highest BCUT2D eigenvalue weighted by molar-refractivity contribution is 9.10. The lowest BCUT2D eigenvalue weighted by atomic mass is 10.2. The summed E-state index contributed by atoms with van der Waals surface area (Å²) in [6, 6.07) is 6.08. The number of ether oxygens (including phenoxy) is 1. The molecule has 0 saturated carbocycles. The van der Waals surface area contributed by atoms with Crippen molar-refractivity contribution in [3.63, 3.8) is 0 Å². The van der Waals surface area contributed by atoms with Crippen LogP contribution in [0.5, 0.6) is 5.75 Å². The van der Waals surface area contributed by atoms with E-state index in [1.54, 1.807) is 7.11 Å². The average Bonchev–Trinajstić information content (AvgIpc) is 2.27. The first-order valence-electron chi connectivity index (χ1n) is 5.58. The summed E-state index contributed by atoms with van der Waals surface area (Å²) >= 11 is 3.53. The SMILES string of the molecule is CONCc1ccc(OC2CN(C)C2)c(Br)c1. The highest BCUT2D eigenvalue weighted by Gasteiger charge is 2.25. The molecule has 1 aromatic rings. The van der Waals surface area contributed by atoms with Gasteiger partial charge in [0.15, 0.2) is 0 Å². The summed E-state index contributed by atoms with van der Waals surface area (Å²) in [5, 5.41) is 0. The number of nitrogens with one attached hydrogen (secondary N) is 1. The van der Waals surface area contributed by atoms with E-state index in [-0.39, 0.29) is 0 Å². The Balaban J connectivity index is 1.94. The Morgan fingerprint density at radius 2 is 2.24 bits per heavy atom. The normalized spacial score (nSPS) is 16.9. The van der Waals surface area contributed by atoms with Gasteiger partial charge in [0.05, 0.1) is 11.6 Å². The fourth-order valence-corrected chi connectivity index (χ4v) is 2.32. The summed E-state index contributed by atoms with van der Waals surface area (Å²) in [5.74, 6) is 0.907. The van der Waals surface area contributed by atoms with E-state index < -0.39 is 0 Å². The van der Waals surface area contributed by atoms with E-state index in [2.05, 4.69) is 33.4 Å². The summed E-state index contributed by atoms with van der Waals surface area (Å²) in [6.45, 7) is 2.68. The Kier molecular flexibility index (Phi) is 4.39. The minimum Gasteiger partial charge on any atom is -0.487 e. The van der Waals surface area contributed by atoms with Gasteiger partial charge in [0.2, 0.25) is 0 Å². The topological polar surface area (TPSA) is 33.7 Å². The van der Waals surface area contributed by atoms with Crippen molar-refractivity contribution in [2.45, 2.75) is 12.6 Å². The van der Waals surface area contributed by atoms with Gasteiger partial charge in [-0.15, -0.1) is 0 Å². The molecule has 4 nitrogen and oxygen atoms in total. The first kappa shape index (κ1) is 12.8. The number of hydrogen-bond donors (Lipinski definition) is 1. The molecule has 1 aliphatic heterocycles. The number of nitrogens with zero attached hydrogens (tertiary/aromatic N) is 1. The van der Waals surface area contributed by atoms with Gasteiger partial charge < -0.3 is 9.57 Å². The molecule has 0 atom stereocenters. The number of likely N-dealkylation sites (N-methyl/N-ethyl adjacent to an activating group) is 1. The first-order valence-corrected chi connectivity index (χ1v) is 6.38. The van der Waals surface area contributed by atoms with Gasteiger partial charge in [0, 0.05) is 19.6 Å². The van der Waals surface area contributed by atoms with Crippen molar-refractivity contribution in [3.05, 3.63) is 28.2 Å². The fraction of sp³-hybridized carbons (Fsp3) is 0.500. The highest BCUT2D eigenvalue weighted by atomic mass is 79.9. The summed E-state index contributed by atoms with van der Waals surface area (Å²) in [6.07, 6.45) is 0.319. The van der Waals surface area contributed by atoms with Gasteiger partial charge in [-0.1, -0.05) is 6.07 Å². The maximum Gasteiger partial charge on any atom is 0.134 e. The largest absolute Gasteiger partial charge is 0.487 e. The molecule has 5 heteroatoms. The Labute approximate surface area is 110 Å². The third-order valence-electron chi connectivity index (χ3n) is 2.74. The first-order chi connectivity index (χ1) is 8.19. The second-order valence-corrected chi connectivity index (χ2v) is 5.11. The number of rotatable bonds is 5. The second kappa shape index (κ2) is 5.82. The van der Waals surface area contributed by atoms with Crippen LogP contribution in [0.1, 0.15) is 5.56 Å². The molecule has 2 rings (SSSR count). The maximum absolute atomic E-state index is 5.87. The fourth-order valence-electron chi connectivity index (χ4n) is 1.80. The van der Waals surface area contributed by atoms with Crippen LogP contribution in [0.2, 0.25) is 0 Å². The molecular formula is C12H17BrN2O2. The molecule has 1 N–H and O–H groups in total. The molecule has 1 heterocycles. The highest BCUT2D eigenvalue weighted by Crippen LogP contribution is 2.28. The van der Waals surface area contributed by atoms with Gasteiger partial charge in [-0.2, -0.15) is 5.48 Å². The van der Waals surface area contributed by atoms with Crippen LogP contribution in [0.4, 0.5) is 0 Å². The molecule has 1 aliphatic rings. The number of hydroxylamine groups is 1. The Morgan fingerprint density at radius 3 is 2.82 bits per heavy atom. The van der Waals surface area contributed by atoms with E-state index in [1.165, 1.54) is 0 Å². The minimum atomic E-state index is 0.319. The molecule has 0 amide bonds. The number of hydrogen-bond acceptors (Lipinski definition) is 4. The molecule has 17 heavy (non-hydrogen) atoms. The van der Waals surface area contributed by atoms with E-state index in [0.717, 1.165) is 28.9 Å². The zero-order chi connectivity index (χ0) is 12.3. The third kappa shape index (κ3) is 3.42. The summed E-state index contributed by atoms with van der Waals surface area (Å²) < 4.78 is 6.86. The molecule has 0 aliphatic carbocycles. The number of likely N-dealkylation sites (tertiary alicyclic amines) is 1. The summed E-state index contributed by atoms with van der Waals surface area (Å²) in [7, 11) is 3.70.